The summed E-state index contributed by atoms with van der Waals surface area (Å²) in [5.74, 6) is -0.471. The molecule has 0 radical (unpaired) electrons. The van der Waals surface area contributed by atoms with Crippen LogP contribution in [0.25, 0.3) is 10.9 Å². The zero-order chi connectivity index (χ0) is 12.6. The molecule has 0 aliphatic rings. The number of aromatic nitrogens is 2. The minimum Gasteiger partial charge on any atom is -0.291 e. The molecule has 1 aromatic heterocycles. The number of benzene rings is 1. The Bertz CT molecular complexity index is 593. The summed E-state index contributed by atoms with van der Waals surface area (Å²) in [6.07, 6.45) is -3.09. The van der Waals surface area contributed by atoms with Crippen LogP contribution in [0.15, 0.2) is 24.4 Å². The lowest BCUT2D eigenvalue weighted by Gasteiger charge is -2.07. The Balaban J connectivity index is 2.62. The van der Waals surface area contributed by atoms with Crippen molar-refractivity contribution >= 4 is 16.7 Å². The van der Waals surface area contributed by atoms with Crippen molar-refractivity contribution in [2.45, 2.75) is 13.1 Å². The fourth-order valence-corrected chi connectivity index (χ4v) is 1.37. The quantitative estimate of drug-likeness (QED) is 0.720. The van der Waals surface area contributed by atoms with Crippen molar-refractivity contribution in [2.75, 3.05) is 0 Å². The van der Waals surface area contributed by atoms with Gasteiger partial charge in [-0.3, -0.25) is 4.79 Å². The first-order valence-electron chi connectivity index (χ1n) is 4.73. The lowest BCUT2D eigenvalue weighted by molar-refractivity contribution is -0.137. The van der Waals surface area contributed by atoms with E-state index >= 15 is 0 Å². The van der Waals surface area contributed by atoms with Gasteiger partial charge in [-0.25, -0.2) is 9.97 Å². The molecule has 17 heavy (non-hydrogen) atoms. The summed E-state index contributed by atoms with van der Waals surface area (Å²) in [7, 11) is 0. The summed E-state index contributed by atoms with van der Waals surface area (Å²) in [5.41, 5.74) is -0.682. The summed E-state index contributed by atoms with van der Waals surface area (Å²) < 4.78 is 37.4. The van der Waals surface area contributed by atoms with Gasteiger partial charge in [0.25, 0.3) is 0 Å². The van der Waals surface area contributed by atoms with Crippen molar-refractivity contribution in [2.24, 2.45) is 0 Å². The highest BCUT2D eigenvalue weighted by molar-refractivity contribution is 5.92. The molecule has 2 rings (SSSR count). The van der Waals surface area contributed by atoms with Crippen LogP contribution in [-0.2, 0) is 6.18 Å². The highest BCUT2D eigenvalue weighted by atomic mass is 19.4. The number of rotatable bonds is 1. The average molecular weight is 240 g/mol. The second-order valence-electron chi connectivity index (χ2n) is 3.52. The second kappa shape index (κ2) is 3.80. The SMILES string of the molecule is CC(=O)c1ncc2ccc(C(F)(F)F)cc2n1. The summed E-state index contributed by atoms with van der Waals surface area (Å²) >= 11 is 0. The van der Waals surface area contributed by atoms with Crippen LogP contribution >= 0.6 is 0 Å². The first kappa shape index (κ1) is 11.5. The Hall–Kier alpha value is -1.98. The van der Waals surface area contributed by atoms with Gasteiger partial charge in [0.2, 0.25) is 0 Å². The van der Waals surface area contributed by atoms with E-state index in [9.17, 15) is 18.0 Å². The largest absolute Gasteiger partial charge is 0.416 e. The third kappa shape index (κ3) is 2.25. The molecule has 2 aromatic rings. The minimum atomic E-state index is -4.42. The van der Waals surface area contributed by atoms with Gasteiger partial charge in [0.15, 0.2) is 11.6 Å². The molecule has 0 amide bonds. The van der Waals surface area contributed by atoms with Crippen molar-refractivity contribution in [3.8, 4) is 0 Å². The van der Waals surface area contributed by atoms with E-state index in [4.69, 9.17) is 0 Å². The van der Waals surface area contributed by atoms with Crippen molar-refractivity contribution in [3.05, 3.63) is 35.8 Å². The van der Waals surface area contributed by atoms with Crippen molar-refractivity contribution in [1.82, 2.24) is 9.97 Å². The van der Waals surface area contributed by atoms with Gasteiger partial charge in [0.1, 0.15) is 0 Å². The molecule has 0 N–H and O–H groups in total. The maximum absolute atomic E-state index is 12.5. The number of nitrogens with zero attached hydrogens (tertiary/aromatic N) is 2. The lowest BCUT2D eigenvalue weighted by Crippen LogP contribution is -2.06. The topological polar surface area (TPSA) is 42.9 Å². The zero-order valence-electron chi connectivity index (χ0n) is 8.75. The zero-order valence-corrected chi connectivity index (χ0v) is 8.75. The summed E-state index contributed by atoms with van der Waals surface area (Å²) in [6, 6.07) is 3.14. The van der Waals surface area contributed by atoms with Gasteiger partial charge in [0, 0.05) is 18.5 Å². The number of hydrogen-bond acceptors (Lipinski definition) is 3. The molecule has 0 fully saturated rings. The van der Waals surface area contributed by atoms with Crippen LogP contribution in [0, 0.1) is 0 Å². The summed E-state index contributed by atoms with van der Waals surface area (Å²) in [6.45, 7) is 1.26. The van der Waals surface area contributed by atoms with Gasteiger partial charge in [-0.15, -0.1) is 0 Å². The Morgan fingerprint density at radius 1 is 1.29 bits per heavy atom. The van der Waals surface area contributed by atoms with Crippen molar-refractivity contribution in [3.63, 3.8) is 0 Å². The second-order valence-corrected chi connectivity index (χ2v) is 3.52. The molecule has 0 saturated carbocycles. The molecule has 6 heteroatoms. The Kier molecular flexibility index (Phi) is 2.57. The van der Waals surface area contributed by atoms with Crippen molar-refractivity contribution in [1.29, 1.82) is 0 Å². The third-order valence-electron chi connectivity index (χ3n) is 2.22. The molecular weight excluding hydrogens is 233 g/mol. The number of carbonyl (C=O) groups is 1. The Morgan fingerprint density at radius 2 is 2.00 bits per heavy atom. The lowest BCUT2D eigenvalue weighted by atomic mass is 10.1. The van der Waals surface area contributed by atoms with E-state index in [1.165, 1.54) is 19.2 Å². The average Bonchev–Trinajstić information content (AvgIpc) is 2.26. The van der Waals surface area contributed by atoms with Crippen LogP contribution < -0.4 is 0 Å². The summed E-state index contributed by atoms with van der Waals surface area (Å²) in [4.78, 5) is 18.6. The number of fused-ring (bicyclic) bond motifs is 1. The first-order chi connectivity index (χ1) is 7.88. The molecule has 0 atom stereocenters. The highest BCUT2D eigenvalue weighted by Gasteiger charge is 2.30. The highest BCUT2D eigenvalue weighted by Crippen LogP contribution is 2.30. The van der Waals surface area contributed by atoms with Gasteiger partial charge in [-0.05, 0) is 12.1 Å². The van der Waals surface area contributed by atoms with E-state index in [0.29, 0.717) is 5.39 Å². The first-order valence-corrected chi connectivity index (χ1v) is 4.73. The maximum atomic E-state index is 12.5. The van der Waals surface area contributed by atoms with Crippen LogP contribution in [0.2, 0.25) is 0 Å². The molecule has 0 spiro atoms. The number of halogens is 3. The predicted molar refractivity (Wildman–Crippen MR) is 54.5 cm³/mol. The van der Waals surface area contributed by atoms with Crippen LogP contribution in [-0.4, -0.2) is 15.8 Å². The molecule has 0 aliphatic carbocycles. The Labute approximate surface area is 94.3 Å². The van der Waals surface area contributed by atoms with Crippen molar-refractivity contribution < 1.29 is 18.0 Å². The molecule has 0 bridgehead atoms. The van der Waals surface area contributed by atoms with E-state index in [1.54, 1.807) is 0 Å². The number of carbonyl (C=O) groups excluding carboxylic acids is 1. The number of Topliss-reactive ketones (excluding diaryl/α,β-unsaturated/α-hetero) is 1. The number of hydrogen-bond donors (Lipinski definition) is 0. The van der Waals surface area contributed by atoms with E-state index < -0.39 is 11.7 Å². The molecule has 1 aromatic carbocycles. The molecular formula is C11H7F3N2O. The molecule has 3 nitrogen and oxygen atoms in total. The van der Waals surface area contributed by atoms with E-state index in [1.807, 2.05) is 0 Å². The molecule has 0 unspecified atom stereocenters. The standard InChI is InChI=1S/C11H7F3N2O/c1-6(17)10-15-5-7-2-3-8(11(12,13)14)4-9(7)16-10/h2-5H,1H3. The van der Waals surface area contributed by atoms with E-state index in [-0.39, 0.29) is 17.1 Å². The fraction of sp³-hybridized carbons (Fsp3) is 0.182. The van der Waals surface area contributed by atoms with Gasteiger partial charge >= 0.3 is 6.18 Å². The van der Waals surface area contributed by atoms with E-state index in [2.05, 4.69) is 9.97 Å². The smallest absolute Gasteiger partial charge is 0.291 e. The number of alkyl halides is 3. The molecule has 1 heterocycles. The van der Waals surface area contributed by atoms with Gasteiger partial charge < -0.3 is 0 Å². The monoisotopic (exact) mass is 240 g/mol. The Morgan fingerprint density at radius 3 is 2.59 bits per heavy atom. The van der Waals surface area contributed by atoms with Crippen LogP contribution in [0.1, 0.15) is 23.1 Å². The molecule has 88 valence electrons. The van der Waals surface area contributed by atoms with Gasteiger partial charge in [-0.2, -0.15) is 13.2 Å². The van der Waals surface area contributed by atoms with Gasteiger partial charge in [-0.1, -0.05) is 6.07 Å². The van der Waals surface area contributed by atoms with Gasteiger partial charge in [0.05, 0.1) is 11.1 Å². The number of ketones is 1. The fourth-order valence-electron chi connectivity index (χ4n) is 1.37. The maximum Gasteiger partial charge on any atom is 0.416 e. The predicted octanol–water partition coefficient (Wildman–Crippen LogP) is 2.85. The van der Waals surface area contributed by atoms with Crippen LogP contribution in [0.4, 0.5) is 13.2 Å². The van der Waals surface area contributed by atoms with Crippen LogP contribution in [0.3, 0.4) is 0 Å². The van der Waals surface area contributed by atoms with Crippen LogP contribution in [0.5, 0.6) is 0 Å². The summed E-state index contributed by atoms with van der Waals surface area (Å²) in [5, 5.41) is 0.461. The molecule has 0 aliphatic heterocycles. The minimum absolute atomic E-state index is 0.0863. The third-order valence-corrected chi connectivity index (χ3v) is 2.22. The normalized spacial score (nSPS) is 11.8. The van der Waals surface area contributed by atoms with E-state index in [0.717, 1.165) is 12.1 Å². The molecule has 0 saturated heterocycles.